The van der Waals surface area contributed by atoms with Crippen LogP contribution in [-0.4, -0.2) is 33.9 Å². The molecule has 0 bridgehead atoms. The molecule has 2 heterocycles. The van der Waals surface area contributed by atoms with Gasteiger partial charge in [-0.25, -0.2) is 10.3 Å². The van der Waals surface area contributed by atoms with Crippen molar-refractivity contribution in [3.8, 4) is 0 Å². The minimum Gasteiger partial charge on any atom is -0.347 e. The monoisotopic (exact) mass is 398 g/mol. The van der Waals surface area contributed by atoms with Crippen molar-refractivity contribution in [1.29, 1.82) is 0 Å². The van der Waals surface area contributed by atoms with Crippen molar-refractivity contribution in [3.05, 3.63) is 34.2 Å². The summed E-state index contributed by atoms with van der Waals surface area (Å²) in [5.74, 6) is -0.206. The molecule has 3 unspecified atom stereocenters. The zero-order chi connectivity index (χ0) is 20.4. The fraction of sp³-hybridized carbons (Fsp3) is 0.700. The van der Waals surface area contributed by atoms with Crippen LogP contribution in [0.3, 0.4) is 0 Å². The third kappa shape index (κ3) is 7.31. The van der Waals surface area contributed by atoms with Gasteiger partial charge in [-0.1, -0.05) is 13.8 Å². The van der Waals surface area contributed by atoms with E-state index >= 15 is 0 Å². The molecule has 1 aromatic rings. The Morgan fingerprint density at radius 2 is 2.15 bits per heavy atom. The Labute approximate surface area is 167 Å². The summed E-state index contributed by atoms with van der Waals surface area (Å²) in [6, 6.07) is 3.49. The molecule has 2 rings (SSSR count). The van der Waals surface area contributed by atoms with Crippen LogP contribution < -0.4 is 11.0 Å². The van der Waals surface area contributed by atoms with Gasteiger partial charge in [0.15, 0.2) is 6.29 Å². The normalized spacial score (nSPS) is 21.6. The van der Waals surface area contributed by atoms with Crippen molar-refractivity contribution >= 4 is 17.7 Å². The molecule has 27 heavy (non-hydrogen) atoms. The van der Waals surface area contributed by atoms with Gasteiger partial charge in [-0.05, 0) is 57.9 Å². The van der Waals surface area contributed by atoms with E-state index in [9.17, 15) is 9.59 Å². The second kappa shape index (κ2) is 11.5. The van der Waals surface area contributed by atoms with E-state index in [1.54, 1.807) is 16.8 Å². The first-order valence-corrected chi connectivity index (χ1v) is 10.9. The largest absolute Gasteiger partial charge is 0.347 e. The molecule has 3 atom stereocenters. The van der Waals surface area contributed by atoms with Gasteiger partial charge < -0.3 is 9.30 Å². The number of pyridine rings is 1. The van der Waals surface area contributed by atoms with Gasteiger partial charge in [-0.15, -0.1) is 11.8 Å². The van der Waals surface area contributed by atoms with E-state index in [0.717, 1.165) is 24.8 Å². The van der Waals surface area contributed by atoms with Crippen molar-refractivity contribution in [3.63, 3.8) is 0 Å². The summed E-state index contributed by atoms with van der Waals surface area (Å²) >= 11 is 1.45. The molecular weight excluding hydrogens is 364 g/mol. The maximum Gasteiger partial charge on any atom is 0.259 e. The van der Waals surface area contributed by atoms with Crippen LogP contribution in [0.2, 0.25) is 0 Å². The minimum absolute atomic E-state index is 0.0512. The van der Waals surface area contributed by atoms with Crippen LogP contribution in [0.25, 0.3) is 0 Å². The number of hydroxylamine groups is 1. The molecule has 1 fully saturated rings. The Morgan fingerprint density at radius 3 is 2.74 bits per heavy atom. The van der Waals surface area contributed by atoms with E-state index in [-0.39, 0.29) is 17.6 Å². The Balaban J connectivity index is 0.00000176. The topological polar surface area (TPSA) is 69.6 Å². The van der Waals surface area contributed by atoms with Crippen LogP contribution in [0.4, 0.5) is 0 Å². The van der Waals surface area contributed by atoms with Crippen LogP contribution in [-0.2, 0) is 20.9 Å². The maximum atomic E-state index is 12.6. The van der Waals surface area contributed by atoms with Crippen LogP contribution in [0, 0.1) is 6.92 Å². The van der Waals surface area contributed by atoms with E-state index in [2.05, 4.69) is 5.48 Å². The highest BCUT2D eigenvalue weighted by atomic mass is 32.2. The fourth-order valence-electron chi connectivity index (χ4n) is 2.71. The van der Waals surface area contributed by atoms with Gasteiger partial charge >= 0.3 is 0 Å². The van der Waals surface area contributed by atoms with Crippen molar-refractivity contribution < 1.29 is 14.4 Å². The summed E-state index contributed by atoms with van der Waals surface area (Å²) in [5.41, 5.74) is 3.43. The van der Waals surface area contributed by atoms with E-state index in [1.807, 2.05) is 46.9 Å². The molecule has 1 amide bonds. The highest BCUT2D eigenvalue weighted by Crippen LogP contribution is 2.27. The summed E-state index contributed by atoms with van der Waals surface area (Å²) in [5, 5.41) is 0. The smallest absolute Gasteiger partial charge is 0.259 e. The maximum absolute atomic E-state index is 12.6. The fourth-order valence-corrected chi connectivity index (χ4v) is 3.24. The molecule has 0 saturated carbocycles. The molecule has 0 spiro atoms. The van der Waals surface area contributed by atoms with Gasteiger partial charge in [-0.3, -0.25) is 9.59 Å². The SMILES string of the molecule is CC.CSC(C)(CCn1ccc(C)cc1=O)C(=O)NOC1CCCC(C)O1. The first-order valence-electron chi connectivity index (χ1n) is 9.68. The van der Waals surface area contributed by atoms with Crippen molar-refractivity contribution in [2.24, 2.45) is 0 Å². The minimum atomic E-state index is -0.690. The second-order valence-corrected chi connectivity index (χ2v) is 8.09. The summed E-state index contributed by atoms with van der Waals surface area (Å²) in [6.45, 7) is 10.2. The summed E-state index contributed by atoms with van der Waals surface area (Å²) < 4.78 is 6.59. The van der Waals surface area contributed by atoms with Crippen LogP contribution >= 0.6 is 11.8 Å². The van der Waals surface area contributed by atoms with Gasteiger partial charge in [0.1, 0.15) is 0 Å². The predicted molar refractivity (Wildman–Crippen MR) is 111 cm³/mol. The number of nitrogens with zero attached hydrogens (tertiary/aromatic N) is 1. The number of amides is 1. The average molecular weight is 399 g/mol. The second-order valence-electron chi connectivity index (χ2n) is 6.78. The molecule has 0 aliphatic carbocycles. The van der Waals surface area contributed by atoms with Crippen LogP contribution in [0.15, 0.2) is 23.1 Å². The lowest BCUT2D eigenvalue weighted by Crippen LogP contribution is -2.45. The third-order valence-corrected chi connectivity index (χ3v) is 5.92. The predicted octanol–water partition coefficient (Wildman–Crippen LogP) is 3.66. The van der Waals surface area contributed by atoms with Gasteiger partial charge in [0.05, 0.1) is 10.9 Å². The van der Waals surface area contributed by atoms with Crippen molar-refractivity contribution in [2.45, 2.75) is 84.0 Å². The van der Waals surface area contributed by atoms with Gasteiger partial charge in [-0.2, -0.15) is 0 Å². The van der Waals surface area contributed by atoms with Crippen molar-refractivity contribution in [1.82, 2.24) is 10.0 Å². The number of carbonyl (C=O) groups is 1. The standard InChI is InChI=1S/C18H28N2O4S.C2H6/c1-13-8-10-20(15(21)12-13)11-9-18(3,25-4)17(22)19-24-16-7-5-6-14(2)23-16;1-2/h8,10,12,14,16H,5-7,9,11H2,1-4H3,(H,19,22);1-2H3. The third-order valence-electron chi connectivity index (χ3n) is 4.63. The van der Waals surface area contributed by atoms with E-state index in [1.165, 1.54) is 11.8 Å². The molecule has 7 heteroatoms. The summed E-state index contributed by atoms with van der Waals surface area (Å²) in [6.07, 6.45) is 6.75. The number of hydrogen-bond donors (Lipinski definition) is 1. The molecule has 154 valence electrons. The molecule has 0 radical (unpaired) electrons. The summed E-state index contributed by atoms with van der Waals surface area (Å²) in [7, 11) is 0. The molecule has 0 aromatic carbocycles. The highest BCUT2D eigenvalue weighted by molar-refractivity contribution is 8.00. The Kier molecular flexibility index (Phi) is 10.1. The molecule has 1 aliphatic heterocycles. The quantitative estimate of drug-likeness (QED) is 0.710. The number of ether oxygens (including phenoxy) is 1. The van der Waals surface area contributed by atoms with Crippen LogP contribution in [0.5, 0.6) is 0 Å². The Bertz CT molecular complexity index is 649. The lowest BCUT2D eigenvalue weighted by atomic mass is 10.1. The highest BCUT2D eigenvalue weighted by Gasteiger charge is 2.33. The number of aryl methyl sites for hydroxylation is 2. The molecule has 6 nitrogen and oxygen atoms in total. The Morgan fingerprint density at radius 1 is 1.44 bits per heavy atom. The number of nitrogens with one attached hydrogen (secondary N) is 1. The summed E-state index contributed by atoms with van der Waals surface area (Å²) in [4.78, 5) is 30.0. The molecule has 1 aliphatic rings. The van der Waals surface area contributed by atoms with E-state index in [0.29, 0.717) is 13.0 Å². The van der Waals surface area contributed by atoms with E-state index < -0.39 is 11.0 Å². The van der Waals surface area contributed by atoms with Gasteiger partial charge in [0, 0.05) is 25.2 Å². The lowest BCUT2D eigenvalue weighted by Gasteiger charge is -2.30. The average Bonchev–Trinajstić information content (AvgIpc) is 2.66. The number of thioether (sulfide) groups is 1. The van der Waals surface area contributed by atoms with Gasteiger partial charge in [0.25, 0.3) is 11.5 Å². The Hall–Kier alpha value is -1.31. The number of aromatic nitrogens is 1. The first kappa shape index (κ1) is 23.7. The zero-order valence-corrected chi connectivity index (χ0v) is 18.2. The number of carbonyl (C=O) groups excluding carboxylic acids is 1. The zero-order valence-electron chi connectivity index (χ0n) is 17.4. The van der Waals surface area contributed by atoms with Gasteiger partial charge in [0.2, 0.25) is 0 Å². The lowest BCUT2D eigenvalue weighted by molar-refractivity contribution is -0.219. The molecule has 1 aromatic heterocycles. The van der Waals surface area contributed by atoms with Crippen LogP contribution in [0.1, 0.15) is 58.9 Å². The molecule has 1 saturated heterocycles. The number of hydrogen-bond acceptors (Lipinski definition) is 5. The molecule has 1 N–H and O–H groups in total. The first-order chi connectivity index (χ1) is 12.8. The molecular formula is C20H34N2O4S. The number of rotatable bonds is 7. The van der Waals surface area contributed by atoms with Crippen molar-refractivity contribution in [2.75, 3.05) is 6.26 Å². The van der Waals surface area contributed by atoms with E-state index in [4.69, 9.17) is 9.57 Å².